The first-order valence-corrected chi connectivity index (χ1v) is 7.91. The van der Waals surface area contributed by atoms with Gasteiger partial charge in [0.05, 0.1) is 15.5 Å². The molecular formula is C17H13N3O3S. The lowest BCUT2D eigenvalue weighted by molar-refractivity contribution is -0.384. The molecule has 2 aromatic carbocycles. The maximum atomic E-state index is 12.6. The number of hydrogen-bond acceptors (Lipinski definition) is 5. The molecule has 1 heterocycles. The van der Waals surface area contributed by atoms with Crippen LogP contribution in [0, 0.1) is 22.4 Å². The number of amides is 1. The predicted octanol–water partition coefficient (Wildman–Crippen LogP) is 3.96. The van der Waals surface area contributed by atoms with Crippen molar-refractivity contribution in [2.45, 2.75) is 6.92 Å². The predicted molar refractivity (Wildman–Crippen MR) is 95.1 cm³/mol. The van der Waals surface area contributed by atoms with Gasteiger partial charge in [0.15, 0.2) is 5.17 Å². The summed E-state index contributed by atoms with van der Waals surface area (Å²) in [4.78, 5) is 24.6. The number of rotatable bonds is 3. The zero-order valence-electron chi connectivity index (χ0n) is 12.7. The molecule has 1 N–H and O–H groups in total. The van der Waals surface area contributed by atoms with Gasteiger partial charge in [0.1, 0.15) is 0 Å². The van der Waals surface area contributed by atoms with E-state index in [-0.39, 0.29) is 16.8 Å². The lowest BCUT2D eigenvalue weighted by Crippen LogP contribution is -2.28. The Bertz CT molecular complexity index is 875. The van der Waals surface area contributed by atoms with Gasteiger partial charge >= 0.3 is 0 Å². The highest BCUT2D eigenvalue weighted by Gasteiger charge is 2.33. The van der Waals surface area contributed by atoms with Crippen molar-refractivity contribution in [1.29, 1.82) is 5.41 Å². The van der Waals surface area contributed by atoms with Crippen LogP contribution < -0.4 is 4.90 Å². The fourth-order valence-corrected chi connectivity index (χ4v) is 3.16. The number of non-ortho nitro benzene ring substituents is 1. The van der Waals surface area contributed by atoms with Crippen molar-refractivity contribution < 1.29 is 9.72 Å². The first kappa shape index (κ1) is 15.9. The number of carbonyl (C=O) groups excluding carboxylic acids is 1. The van der Waals surface area contributed by atoms with Crippen molar-refractivity contribution in [2.75, 3.05) is 4.90 Å². The highest BCUT2D eigenvalue weighted by Crippen LogP contribution is 2.35. The van der Waals surface area contributed by atoms with E-state index in [9.17, 15) is 14.9 Å². The van der Waals surface area contributed by atoms with Crippen molar-refractivity contribution >= 4 is 40.3 Å². The molecule has 1 amide bonds. The number of nitrogens with one attached hydrogen (secondary N) is 1. The molecule has 0 radical (unpaired) electrons. The van der Waals surface area contributed by atoms with Crippen molar-refractivity contribution in [3.05, 3.63) is 74.7 Å². The number of hydrogen-bond donors (Lipinski definition) is 1. The highest BCUT2D eigenvalue weighted by molar-refractivity contribution is 8.19. The fraction of sp³-hybridized carbons (Fsp3) is 0.0588. The number of thioether (sulfide) groups is 1. The van der Waals surface area contributed by atoms with E-state index in [0.717, 1.165) is 17.3 Å². The SMILES string of the molecule is Cc1ccc(N2C(=N)S/C(=C\c3cccc([N+](=O)[O-])c3)C2=O)cc1. The molecule has 6 nitrogen and oxygen atoms in total. The van der Waals surface area contributed by atoms with Gasteiger partial charge in [-0.1, -0.05) is 29.8 Å². The summed E-state index contributed by atoms with van der Waals surface area (Å²) >= 11 is 1.04. The van der Waals surface area contributed by atoms with Gasteiger partial charge in [0.2, 0.25) is 0 Å². The summed E-state index contributed by atoms with van der Waals surface area (Å²) in [6.45, 7) is 1.95. The second-order valence-corrected chi connectivity index (χ2v) is 6.27. The van der Waals surface area contributed by atoms with Crippen LogP contribution in [0.1, 0.15) is 11.1 Å². The zero-order chi connectivity index (χ0) is 17.3. The van der Waals surface area contributed by atoms with Crippen LogP contribution in [0.2, 0.25) is 0 Å². The summed E-state index contributed by atoms with van der Waals surface area (Å²) in [5, 5.41) is 19.0. The van der Waals surface area contributed by atoms with E-state index < -0.39 is 4.92 Å². The number of carbonyl (C=O) groups is 1. The molecule has 1 aliphatic rings. The Hall–Kier alpha value is -2.93. The fourth-order valence-electron chi connectivity index (χ4n) is 2.29. The van der Waals surface area contributed by atoms with Gasteiger partial charge in [-0.25, -0.2) is 0 Å². The highest BCUT2D eigenvalue weighted by atomic mass is 32.2. The number of nitro benzene ring substituents is 1. The average molecular weight is 339 g/mol. The molecule has 0 aliphatic carbocycles. The number of anilines is 1. The molecule has 24 heavy (non-hydrogen) atoms. The van der Waals surface area contributed by atoms with E-state index in [1.165, 1.54) is 17.0 Å². The summed E-state index contributed by atoms with van der Waals surface area (Å²) < 4.78 is 0. The van der Waals surface area contributed by atoms with Crippen LogP contribution in [0.3, 0.4) is 0 Å². The Morgan fingerprint density at radius 3 is 2.58 bits per heavy atom. The molecule has 0 unspecified atom stereocenters. The minimum atomic E-state index is -0.480. The molecule has 0 aromatic heterocycles. The Balaban J connectivity index is 1.92. The van der Waals surface area contributed by atoms with E-state index in [2.05, 4.69) is 0 Å². The molecule has 7 heteroatoms. The molecule has 0 bridgehead atoms. The van der Waals surface area contributed by atoms with Gasteiger partial charge in [0.25, 0.3) is 11.6 Å². The number of benzene rings is 2. The summed E-state index contributed by atoms with van der Waals surface area (Å²) in [7, 11) is 0. The minimum Gasteiger partial charge on any atom is -0.278 e. The van der Waals surface area contributed by atoms with Gasteiger partial charge in [-0.05, 0) is 42.5 Å². The van der Waals surface area contributed by atoms with Crippen LogP contribution in [0.5, 0.6) is 0 Å². The third-order valence-electron chi connectivity index (χ3n) is 3.49. The van der Waals surface area contributed by atoms with Gasteiger partial charge in [0, 0.05) is 12.1 Å². The Morgan fingerprint density at radius 2 is 1.92 bits per heavy atom. The molecule has 1 aliphatic heterocycles. The normalized spacial score (nSPS) is 16.0. The van der Waals surface area contributed by atoms with Crippen molar-refractivity contribution in [3.63, 3.8) is 0 Å². The van der Waals surface area contributed by atoms with E-state index in [0.29, 0.717) is 16.2 Å². The summed E-state index contributed by atoms with van der Waals surface area (Å²) in [6.07, 6.45) is 1.57. The van der Waals surface area contributed by atoms with E-state index in [1.54, 1.807) is 30.3 Å². The zero-order valence-corrected chi connectivity index (χ0v) is 13.5. The number of aryl methyl sites for hydroxylation is 1. The monoisotopic (exact) mass is 339 g/mol. The van der Waals surface area contributed by atoms with Crippen molar-refractivity contribution in [2.24, 2.45) is 0 Å². The first-order chi connectivity index (χ1) is 11.5. The molecule has 120 valence electrons. The Morgan fingerprint density at radius 1 is 1.21 bits per heavy atom. The van der Waals surface area contributed by atoms with Gasteiger partial charge in [-0.3, -0.25) is 25.2 Å². The molecular weight excluding hydrogens is 326 g/mol. The summed E-state index contributed by atoms with van der Waals surface area (Å²) in [5.41, 5.74) is 2.21. The summed E-state index contributed by atoms with van der Waals surface area (Å²) in [6, 6.07) is 13.4. The smallest absolute Gasteiger partial charge is 0.271 e. The van der Waals surface area contributed by atoms with Crippen LogP contribution in [-0.2, 0) is 4.79 Å². The van der Waals surface area contributed by atoms with Crippen LogP contribution >= 0.6 is 11.8 Å². The molecule has 0 saturated carbocycles. The maximum absolute atomic E-state index is 12.6. The van der Waals surface area contributed by atoms with E-state index >= 15 is 0 Å². The largest absolute Gasteiger partial charge is 0.278 e. The molecule has 3 rings (SSSR count). The first-order valence-electron chi connectivity index (χ1n) is 7.09. The van der Waals surface area contributed by atoms with Crippen LogP contribution in [0.15, 0.2) is 53.4 Å². The molecule has 1 saturated heterocycles. The molecule has 1 fully saturated rings. The average Bonchev–Trinajstić information content (AvgIpc) is 2.83. The van der Waals surface area contributed by atoms with Crippen molar-refractivity contribution in [1.82, 2.24) is 0 Å². The van der Waals surface area contributed by atoms with Crippen LogP contribution in [0.4, 0.5) is 11.4 Å². The minimum absolute atomic E-state index is 0.0368. The number of nitro groups is 1. The second kappa shape index (κ2) is 6.29. The maximum Gasteiger partial charge on any atom is 0.271 e. The Kier molecular flexibility index (Phi) is 4.18. The van der Waals surface area contributed by atoms with Crippen LogP contribution in [0.25, 0.3) is 6.08 Å². The third kappa shape index (κ3) is 3.07. The topological polar surface area (TPSA) is 87.3 Å². The van der Waals surface area contributed by atoms with Crippen LogP contribution in [-0.4, -0.2) is 16.0 Å². The molecule has 0 spiro atoms. The second-order valence-electron chi connectivity index (χ2n) is 5.24. The number of nitrogens with zero attached hydrogens (tertiary/aromatic N) is 2. The summed E-state index contributed by atoms with van der Waals surface area (Å²) in [5.74, 6) is -0.305. The van der Waals surface area contributed by atoms with E-state index in [1.807, 2.05) is 19.1 Å². The quantitative estimate of drug-likeness (QED) is 0.521. The lowest BCUT2D eigenvalue weighted by atomic mass is 10.2. The van der Waals surface area contributed by atoms with Gasteiger partial charge in [-0.15, -0.1) is 0 Å². The third-order valence-corrected chi connectivity index (χ3v) is 4.38. The van der Waals surface area contributed by atoms with Crippen molar-refractivity contribution in [3.8, 4) is 0 Å². The molecule has 2 aromatic rings. The Labute approximate surface area is 142 Å². The standard InChI is InChI=1S/C17H13N3O3S/c1-11-5-7-13(8-6-11)19-16(21)15(24-17(19)18)10-12-3-2-4-14(9-12)20(22)23/h2-10,18H,1H3/b15-10-,18-17?. The van der Waals surface area contributed by atoms with Gasteiger partial charge in [-0.2, -0.15) is 0 Å². The molecule has 0 atom stereocenters. The number of amidine groups is 1. The lowest BCUT2D eigenvalue weighted by Gasteiger charge is -2.14. The van der Waals surface area contributed by atoms with E-state index in [4.69, 9.17) is 5.41 Å². The van der Waals surface area contributed by atoms with Gasteiger partial charge < -0.3 is 0 Å².